The van der Waals surface area contributed by atoms with Crippen LogP contribution in [-0.2, 0) is 6.42 Å². The SMILES string of the molecule is COc1ccc(N(CC(C)Cc2cnc(Cl)nc2Cl)C(=O)Nc2ccccc2)cc1. The Morgan fingerprint density at radius 1 is 1.13 bits per heavy atom. The number of halogens is 2. The van der Waals surface area contributed by atoms with Gasteiger partial charge in [-0.15, -0.1) is 0 Å². The molecule has 1 N–H and O–H groups in total. The Morgan fingerprint density at radius 3 is 2.47 bits per heavy atom. The second-order valence-corrected chi connectivity index (χ2v) is 7.57. The molecule has 30 heavy (non-hydrogen) atoms. The first-order valence-electron chi connectivity index (χ1n) is 9.41. The van der Waals surface area contributed by atoms with E-state index in [0.717, 1.165) is 22.7 Å². The first kappa shape index (κ1) is 21.9. The summed E-state index contributed by atoms with van der Waals surface area (Å²) in [6.45, 7) is 2.50. The van der Waals surface area contributed by atoms with Crippen molar-refractivity contribution in [1.29, 1.82) is 0 Å². The quantitative estimate of drug-likeness (QED) is 0.374. The first-order chi connectivity index (χ1) is 14.5. The Kier molecular flexibility index (Phi) is 7.49. The summed E-state index contributed by atoms with van der Waals surface area (Å²) >= 11 is 12.0. The number of para-hydroxylation sites is 1. The molecule has 0 spiro atoms. The van der Waals surface area contributed by atoms with Gasteiger partial charge in [-0.25, -0.2) is 14.8 Å². The van der Waals surface area contributed by atoms with Crippen LogP contribution in [0.5, 0.6) is 5.75 Å². The maximum atomic E-state index is 13.1. The average Bonchev–Trinajstić information content (AvgIpc) is 2.75. The van der Waals surface area contributed by atoms with Crippen LogP contribution in [-0.4, -0.2) is 29.7 Å². The lowest BCUT2D eigenvalue weighted by Crippen LogP contribution is -2.38. The van der Waals surface area contributed by atoms with E-state index in [1.54, 1.807) is 18.2 Å². The highest BCUT2D eigenvalue weighted by molar-refractivity contribution is 6.32. The molecule has 2 aromatic carbocycles. The second-order valence-electron chi connectivity index (χ2n) is 6.87. The molecule has 1 heterocycles. The zero-order valence-electron chi connectivity index (χ0n) is 16.7. The fourth-order valence-corrected chi connectivity index (χ4v) is 3.42. The van der Waals surface area contributed by atoms with E-state index in [1.165, 1.54) is 0 Å². The van der Waals surface area contributed by atoms with Crippen molar-refractivity contribution in [3.05, 3.63) is 76.8 Å². The fraction of sp³-hybridized carbons (Fsp3) is 0.227. The third-order valence-electron chi connectivity index (χ3n) is 4.50. The minimum absolute atomic E-state index is 0.0795. The number of benzene rings is 2. The van der Waals surface area contributed by atoms with E-state index in [0.29, 0.717) is 18.1 Å². The van der Waals surface area contributed by atoms with Crippen molar-refractivity contribution >= 4 is 40.6 Å². The Labute approximate surface area is 185 Å². The highest BCUT2D eigenvalue weighted by Gasteiger charge is 2.20. The molecule has 0 aliphatic carbocycles. The van der Waals surface area contributed by atoms with Gasteiger partial charge in [0.1, 0.15) is 10.9 Å². The number of nitrogens with zero attached hydrogens (tertiary/aromatic N) is 3. The molecule has 1 atom stereocenters. The highest BCUT2D eigenvalue weighted by atomic mass is 35.5. The second kappa shape index (κ2) is 10.3. The van der Waals surface area contributed by atoms with E-state index in [9.17, 15) is 4.79 Å². The van der Waals surface area contributed by atoms with Crippen LogP contribution in [0.25, 0.3) is 0 Å². The van der Waals surface area contributed by atoms with Crippen molar-refractivity contribution in [3.63, 3.8) is 0 Å². The van der Waals surface area contributed by atoms with E-state index in [2.05, 4.69) is 15.3 Å². The molecule has 8 heteroatoms. The number of aromatic nitrogens is 2. The van der Waals surface area contributed by atoms with Crippen LogP contribution in [0.2, 0.25) is 10.4 Å². The molecule has 6 nitrogen and oxygen atoms in total. The average molecular weight is 445 g/mol. The summed E-state index contributed by atoms with van der Waals surface area (Å²) in [7, 11) is 1.61. The lowest BCUT2D eigenvalue weighted by Gasteiger charge is -2.26. The minimum atomic E-state index is -0.225. The number of hydrogen-bond donors (Lipinski definition) is 1. The predicted molar refractivity (Wildman–Crippen MR) is 121 cm³/mol. The van der Waals surface area contributed by atoms with Crippen LogP contribution in [0.4, 0.5) is 16.2 Å². The third-order valence-corrected chi connectivity index (χ3v) is 5.01. The van der Waals surface area contributed by atoms with E-state index in [1.807, 2.05) is 61.5 Å². The standard InChI is InChI=1S/C22H22Cl2N4O2/c1-15(12-16-13-25-21(24)27-20(16)23)14-28(18-8-10-19(30-2)11-9-18)22(29)26-17-6-4-3-5-7-17/h3-11,13,15H,12,14H2,1-2H3,(H,26,29). The fourth-order valence-electron chi connectivity index (χ4n) is 3.03. The molecule has 3 aromatic rings. The smallest absolute Gasteiger partial charge is 0.326 e. The number of nitrogens with one attached hydrogen (secondary N) is 1. The van der Waals surface area contributed by atoms with Crippen molar-refractivity contribution in [3.8, 4) is 5.75 Å². The zero-order chi connectivity index (χ0) is 21.5. The molecule has 156 valence electrons. The summed E-state index contributed by atoms with van der Waals surface area (Å²) in [5.41, 5.74) is 2.27. The molecule has 0 saturated heterocycles. The van der Waals surface area contributed by atoms with E-state index >= 15 is 0 Å². The molecule has 1 aromatic heterocycles. The number of hydrogen-bond acceptors (Lipinski definition) is 4. The highest BCUT2D eigenvalue weighted by Crippen LogP contribution is 2.24. The van der Waals surface area contributed by atoms with Gasteiger partial charge in [-0.2, -0.15) is 0 Å². The monoisotopic (exact) mass is 444 g/mol. The Balaban J connectivity index is 1.79. The molecule has 3 rings (SSSR count). The summed E-state index contributed by atoms with van der Waals surface area (Å²) < 4.78 is 5.23. The largest absolute Gasteiger partial charge is 0.497 e. The van der Waals surface area contributed by atoms with E-state index in [-0.39, 0.29) is 17.2 Å². The maximum absolute atomic E-state index is 13.1. The van der Waals surface area contributed by atoms with Gasteiger partial charge in [0.05, 0.1) is 7.11 Å². The normalized spacial score (nSPS) is 11.6. The molecule has 2 amide bonds. The van der Waals surface area contributed by atoms with Crippen molar-refractivity contribution in [1.82, 2.24) is 9.97 Å². The minimum Gasteiger partial charge on any atom is -0.497 e. The third kappa shape index (κ3) is 5.84. The molecule has 0 bridgehead atoms. The van der Waals surface area contributed by atoms with Crippen molar-refractivity contribution in [2.75, 3.05) is 23.9 Å². The van der Waals surface area contributed by atoms with E-state index in [4.69, 9.17) is 27.9 Å². The summed E-state index contributed by atoms with van der Waals surface area (Å²) in [6, 6.07) is 16.5. The molecule has 0 aliphatic heterocycles. The van der Waals surface area contributed by atoms with E-state index < -0.39 is 0 Å². The molecule has 0 fully saturated rings. The Morgan fingerprint density at radius 2 is 1.83 bits per heavy atom. The van der Waals surface area contributed by atoms with Crippen molar-refractivity contribution in [2.24, 2.45) is 5.92 Å². The number of ether oxygens (including phenoxy) is 1. The van der Waals surface area contributed by atoms with Gasteiger partial charge in [0.25, 0.3) is 0 Å². The Bertz CT molecular complexity index is 984. The lowest BCUT2D eigenvalue weighted by molar-refractivity contribution is 0.256. The van der Waals surface area contributed by atoms with Crippen LogP contribution in [0.3, 0.4) is 0 Å². The van der Waals surface area contributed by atoms with Crippen molar-refractivity contribution in [2.45, 2.75) is 13.3 Å². The van der Waals surface area contributed by atoms with Crippen LogP contribution in [0.15, 0.2) is 60.8 Å². The van der Waals surface area contributed by atoms with Gasteiger partial charge < -0.3 is 10.1 Å². The summed E-state index contributed by atoms with van der Waals surface area (Å²) in [5.74, 6) is 0.802. The molecular weight excluding hydrogens is 423 g/mol. The molecular formula is C22H22Cl2N4O2. The number of amides is 2. The van der Waals surface area contributed by atoms with Crippen LogP contribution in [0, 0.1) is 5.92 Å². The van der Waals surface area contributed by atoms with Gasteiger partial charge in [-0.1, -0.05) is 36.7 Å². The van der Waals surface area contributed by atoms with Gasteiger partial charge in [0.2, 0.25) is 5.28 Å². The maximum Gasteiger partial charge on any atom is 0.326 e. The van der Waals surface area contributed by atoms with Gasteiger partial charge in [-0.05, 0) is 60.3 Å². The van der Waals surface area contributed by atoms with Gasteiger partial charge in [-0.3, -0.25) is 4.90 Å². The van der Waals surface area contributed by atoms with Crippen LogP contribution in [0.1, 0.15) is 12.5 Å². The lowest BCUT2D eigenvalue weighted by atomic mass is 10.0. The van der Waals surface area contributed by atoms with Crippen LogP contribution < -0.4 is 15.0 Å². The number of carbonyl (C=O) groups is 1. The number of anilines is 2. The molecule has 0 saturated carbocycles. The summed E-state index contributed by atoms with van der Waals surface area (Å²) in [5, 5.41) is 3.38. The van der Waals surface area contributed by atoms with Gasteiger partial charge in [0.15, 0.2) is 0 Å². The van der Waals surface area contributed by atoms with Crippen LogP contribution >= 0.6 is 23.2 Å². The zero-order valence-corrected chi connectivity index (χ0v) is 18.2. The number of carbonyl (C=O) groups excluding carboxylic acids is 1. The topological polar surface area (TPSA) is 67.3 Å². The number of urea groups is 1. The summed E-state index contributed by atoms with van der Waals surface area (Å²) in [4.78, 5) is 22.8. The number of methoxy groups -OCH3 is 1. The molecule has 1 unspecified atom stereocenters. The van der Waals surface area contributed by atoms with Gasteiger partial charge >= 0.3 is 6.03 Å². The Hall–Kier alpha value is -2.83. The van der Waals surface area contributed by atoms with Crippen molar-refractivity contribution < 1.29 is 9.53 Å². The predicted octanol–water partition coefficient (Wildman–Crippen LogP) is 5.71. The molecule has 0 aliphatic rings. The number of rotatable bonds is 7. The van der Waals surface area contributed by atoms with Gasteiger partial charge in [0, 0.05) is 29.7 Å². The summed E-state index contributed by atoms with van der Waals surface area (Å²) in [6.07, 6.45) is 2.22. The molecule has 0 radical (unpaired) electrons. The first-order valence-corrected chi connectivity index (χ1v) is 10.2.